The largest absolute Gasteiger partial charge is 0.508 e. The van der Waals surface area contributed by atoms with Gasteiger partial charge in [0.1, 0.15) is 5.75 Å². The van der Waals surface area contributed by atoms with Crippen molar-refractivity contribution in [2.24, 2.45) is 0 Å². The number of phenols is 1. The smallest absolute Gasteiger partial charge is 0.115 e. The number of likely N-dealkylation sites (tertiary alicyclic amines) is 1. The minimum absolute atomic E-state index is 0.346. The Labute approximate surface area is 115 Å². The maximum atomic E-state index is 9.33. The third kappa shape index (κ3) is 2.76. The third-order valence-electron chi connectivity index (χ3n) is 4.48. The lowest BCUT2D eigenvalue weighted by molar-refractivity contribution is 0.00347. The minimum Gasteiger partial charge on any atom is -0.508 e. The first-order valence-electron chi connectivity index (χ1n) is 7.22. The Bertz CT molecular complexity index is 408. The number of hydrogen-bond donors (Lipinski definition) is 2. The number of aromatic hydroxyl groups is 1. The van der Waals surface area contributed by atoms with E-state index >= 15 is 0 Å². The molecule has 0 spiro atoms. The van der Waals surface area contributed by atoms with E-state index in [2.05, 4.69) is 22.0 Å². The summed E-state index contributed by atoms with van der Waals surface area (Å²) >= 11 is 0. The van der Waals surface area contributed by atoms with Gasteiger partial charge in [-0.15, -0.1) is 0 Å². The van der Waals surface area contributed by atoms with Crippen molar-refractivity contribution in [3.63, 3.8) is 0 Å². The first kappa shape index (κ1) is 12.9. The number of rotatable bonds is 3. The summed E-state index contributed by atoms with van der Waals surface area (Å²) in [5.74, 6) is 0.346. The van der Waals surface area contributed by atoms with Gasteiger partial charge in [0.15, 0.2) is 0 Å². The van der Waals surface area contributed by atoms with Gasteiger partial charge in [0.05, 0.1) is 0 Å². The zero-order valence-corrected chi connectivity index (χ0v) is 11.5. The topological polar surface area (TPSA) is 38.7 Å². The predicted octanol–water partition coefficient (Wildman–Crippen LogP) is 1.04. The molecule has 0 aliphatic carbocycles. The zero-order valence-electron chi connectivity index (χ0n) is 11.5. The van der Waals surface area contributed by atoms with Crippen LogP contribution in [0.2, 0.25) is 0 Å². The van der Waals surface area contributed by atoms with Crippen LogP contribution < -0.4 is 5.32 Å². The predicted molar refractivity (Wildman–Crippen MR) is 76.3 cm³/mol. The highest BCUT2D eigenvalue weighted by Gasteiger charge is 2.34. The van der Waals surface area contributed by atoms with Gasteiger partial charge in [-0.25, -0.2) is 0 Å². The van der Waals surface area contributed by atoms with Gasteiger partial charge in [-0.05, 0) is 24.6 Å². The summed E-state index contributed by atoms with van der Waals surface area (Å²) in [6.45, 7) is 9.22. The van der Waals surface area contributed by atoms with E-state index in [1.165, 1.54) is 31.7 Å². The molecule has 2 fully saturated rings. The maximum absolute atomic E-state index is 9.33. The molecule has 2 heterocycles. The molecule has 104 valence electrons. The molecule has 0 amide bonds. The minimum atomic E-state index is 0.346. The van der Waals surface area contributed by atoms with E-state index in [-0.39, 0.29) is 0 Å². The molecular weight excluding hydrogens is 238 g/mol. The van der Waals surface area contributed by atoms with E-state index in [0.29, 0.717) is 11.8 Å². The molecule has 4 nitrogen and oxygen atoms in total. The Hall–Kier alpha value is -1.10. The van der Waals surface area contributed by atoms with E-state index in [1.807, 2.05) is 12.1 Å². The molecular formula is C15H23N3O. The summed E-state index contributed by atoms with van der Waals surface area (Å²) in [5.41, 5.74) is 1.29. The SMILES string of the molecule is CC(c1ccc(O)cc1)N1CC(N2CCNCC2)C1. The number of benzene rings is 1. The Balaban J connectivity index is 1.53. The molecule has 0 aromatic heterocycles. The van der Waals surface area contributed by atoms with Gasteiger partial charge in [-0.3, -0.25) is 9.80 Å². The highest BCUT2D eigenvalue weighted by atomic mass is 16.3. The van der Waals surface area contributed by atoms with Crippen LogP contribution in [0.4, 0.5) is 0 Å². The second-order valence-electron chi connectivity index (χ2n) is 5.66. The summed E-state index contributed by atoms with van der Waals surface area (Å²) in [6, 6.07) is 8.79. The molecule has 1 aromatic rings. The molecule has 1 atom stereocenters. The highest BCUT2D eigenvalue weighted by Crippen LogP contribution is 2.28. The molecule has 1 aromatic carbocycles. The molecule has 0 saturated carbocycles. The summed E-state index contributed by atoms with van der Waals surface area (Å²) < 4.78 is 0. The number of hydrogen-bond acceptors (Lipinski definition) is 4. The van der Waals surface area contributed by atoms with Crippen LogP contribution >= 0.6 is 0 Å². The lowest BCUT2D eigenvalue weighted by atomic mass is 9.99. The van der Waals surface area contributed by atoms with E-state index in [9.17, 15) is 5.11 Å². The normalized spacial score (nSPS) is 24.1. The first-order valence-corrected chi connectivity index (χ1v) is 7.22. The Morgan fingerprint density at radius 3 is 2.42 bits per heavy atom. The molecule has 2 N–H and O–H groups in total. The van der Waals surface area contributed by atoms with Gasteiger partial charge in [0, 0.05) is 51.4 Å². The number of piperazine rings is 1. The second kappa shape index (κ2) is 5.49. The lowest BCUT2D eigenvalue weighted by Gasteiger charge is -2.49. The molecule has 19 heavy (non-hydrogen) atoms. The molecule has 1 unspecified atom stereocenters. The fourth-order valence-electron chi connectivity index (χ4n) is 3.05. The van der Waals surface area contributed by atoms with Crippen molar-refractivity contribution in [2.45, 2.75) is 19.0 Å². The van der Waals surface area contributed by atoms with Gasteiger partial charge in [-0.2, -0.15) is 0 Å². The summed E-state index contributed by atoms with van der Waals surface area (Å²) in [6.07, 6.45) is 0. The number of nitrogens with one attached hydrogen (secondary N) is 1. The van der Waals surface area contributed by atoms with Crippen molar-refractivity contribution in [2.75, 3.05) is 39.3 Å². The van der Waals surface area contributed by atoms with Crippen LogP contribution in [-0.2, 0) is 0 Å². The summed E-state index contributed by atoms with van der Waals surface area (Å²) in [5, 5.41) is 12.7. The van der Waals surface area contributed by atoms with Gasteiger partial charge < -0.3 is 10.4 Å². The Morgan fingerprint density at radius 2 is 1.79 bits per heavy atom. The highest BCUT2D eigenvalue weighted by molar-refractivity contribution is 5.28. The summed E-state index contributed by atoms with van der Waals surface area (Å²) in [7, 11) is 0. The standard InChI is InChI=1S/C15H23N3O/c1-12(13-2-4-15(19)5-3-13)18-10-14(11-18)17-8-6-16-7-9-17/h2-5,12,14,16,19H,6-11H2,1H3. The average molecular weight is 261 g/mol. The molecule has 2 aliphatic heterocycles. The molecule has 0 radical (unpaired) electrons. The summed E-state index contributed by atoms with van der Waals surface area (Å²) in [4.78, 5) is 5.12. The molecule has 4 heteroatoms. The second-order valence-corrected chi connectivity index (χ2v) is 5.66. The van der Waals surface area contributed by atoms with Crippen molar-refractivity contribution in [1.29, 1.82) is 0 Å². The van der Waals surface area contributed by atoms with Crippen molar-refractivity contribution >= 4 is 0 Å². The first-order chi connectivity index (χ1) is 9.24. The molecule has 0 bridgehead atoms. The van der Waals surface area contributed by atoms with Crippen LogP contribution in [0, 0.1) is 0 Å². The number of phenolic OH excluding ortho intramolecular Hbond substituents is 1. The molecule has 2 aliphatic rings. The van der Waals surface area contributed by atoms with Crippen molar-refractivity contribution in [3.8, 4) is 5.75 Å². The van der Waals surface area contributed by atoms with Gasteiger partial charge in [0.25, 0.3) is 0 Å². The zero-order chi connectivity index (χ0) is 13.2. The number of nitrogens with zero attached hydrogens (tertiary/aromatic N) is 2. The lowest BCUT2D eigenvalue weighted by Crippen LogP contribution is -2.62. The average Bonchev–Trinajstić information content (AvgIpc) is 2.39. The Kier molecular flexibility index (Phi) is 3.73. The van der Waals surface area contributed by atoms with Crippen LogP contribution in [0.5, 0.6) is 5.75 Å². The van der Waals surface area contributed by atoms with Gasteiger partial charge >= 0.3 is 0 Å². The Morgan fingerprint density at radius 1 is 1.16 bits per heavy atom. The van der Waals surface area contributed by atoms with Crippen molar-refractivity contribution in [1.82, 2.24) is 15.1 Å². The van der Waals surface area contributed by atoms with Crippen LogP contribution in [0.3, 0.4) is 0 Å². The van der Waals surface area contributed by atoms with Crippen LogP contribution in [0.1, 0.15) is 18.5 Å². The van der Waals surface area contributed by atoms with E-state index in [4.69, 9.17) is 0 Å². The third-order valence-corrected chi connectivity index (χ3v) is 4.48. The van der Waals surface area contributed by atoms with Crippen LogP contribution in [0.25, 0.3) is 0 Å². The van der Waals surface area contributed by atoms with Gasteiger partial charge in [0.2, 0.25) is 0 Å². The van der Waals surface area contributed by atoms with Crippen LogP contribution in [-0.4, -0.2) is 60.2 Å². The molecule has 3 rings (SSSR count). The maximum Gasteiger partial charge on any atom is 0.115 e. The van der Waals surface area contributed by atoms with Gasteiger partial charge in [-0.1, -0.05) is 12.1 Å². The van der Waals surface area contributed by atoms with E-state index in [1.54, 1.807) is 12.1 Å². The van der Waals surface area contributed by atoms with Crippen molar-refractivity contribution < 1.29 is 5.11 Å². The van der Waals surface area contributed by atoms with Crippen molar-refractivity contribution in [3.05, 3.63) is 29.8 Å². The van der Waals surface area contributed by atoms with E-state index in [0.717, 1.165) is 19.1 Å². The fraction of sp³-hybridized carbons (Fsp3) is 0.600. The molecule has 2 saturated heterocycles. The van der Waals surface area contributed by atoms with Crippen LogP contribution in [0.15, 0.2) is 24.3 Å². The van der Waals surface area contributed by atoms with E-state index < -0.39 is 0 Å². The monoisotopic (exact) mass is 261 g/mol. The quantitative estimate of drug-likeness (QED) is 0.853. The fourth-order valence-corrected chi connectivity index (χ4v) is 3.05.